The molecule has 1 aliphatic rings. The van der Waals surface area contributed by atoms with Crippen molar-refractivity contribution in [1.82, 2.24) is 4.98 Å². The lowest BCUT2D eigenvalue weighted by Gasteiger charge is -2.24. The molecular weight excluding hydrogens is 444 g/mol. The van der Waals surface area contributed by atoms with Crippen LogP contribution in [0.2, 0.25) is 5.02 Å². The second kappa shape index (κ2) is 8.26. The summed E-state index contributed by atoms with van der Waals surface area (Å²) in [6.07, 6.45) is 1.59. The number of carbonyl (C=O) groups is 1. The molecule has 0 saturated heterocycles. The first-order valence-corrected chi connectivity index (χ1v) is 10.7. The van der Waals surface area contributed by atoms with Crippen molar-refractivity contribution in [3.8, 4) is 11.5 Å². The number of ether oxygens (including phenoxy) is 2. The Bertz CT molecular complexity index is 1430. The highest BCUT2D eigenvalue weighted by molar-refractivity contribution is 6.31. The van der Waals surface area contributed by atoms with E-state index in [4.69, 9.17) is 25.5 Å². The normalized spacial score (nSPS) is 15.1. The number of fused-ring (bicyclic) bond motifs is 2. The summed E-state index contributed by atoms with van der Waals surface area (Å²) in [5, 5.41) is 0.708. The number of pyridine rings is 1. The highest BCUT2D eigenvalue weighted by atomic mass is 35.5. The number of halogens is 1. The Morgan fingerprint density at radius 3 is 2.67 bits per heavy atom. The Morgan fingerprint density at radius 1 is 1.09 bits per heavy atom. The summed E-state index contributed by atoms with van der Waals surface area (Å²) in [6, 6.07) is 14.5. The van der Waals surface area contributed by atoms with Crippen molar-refractivity contribution in [2.45, 2.75) is 13.0 Å². The van der Waals surface area contributed by atoms with Crippen molar-refractivity contribution in [3.05, 3.63) is 92.9 Å². The molecule has 3 heterocycles. The first kappa shape index (κ1) is 21.0. The zero-order valence-corrected chi connectivity index (χ0v) is 18.6. The molecule has 2 aromatic heterocycles. The van der Waals surface area contributed by atoms with Crippen molar-refractivity contribution in [2.75, 3.05) is 18.6 Å². The Balaban J connectivity index is 1.79. The zero-order chi connectivity index (χ0) is 23.1. The number of nitrogens with zero attached hydrogens (tertiary/aromatic N) is 2. The summed E-state index contributed by atoms with van der Waals surface area (Å²) in [7, 11) is 1.54. The summed E-state index contributed by atoms with van der Waals surface area (Å²) in [6.45, 7) is 2.35. The maximum Gasteiger partial charge on any atom is 0.296 e. The zero-order valence-electron chi connectivity index (χ0n) is 17.9. The van der Waals surface area contributed by atoms with Gasteiger partial charge in [0.1, 0.15) is 11.4 Å². The Kier molecular flexibility index (Phi) is 5.26. The van der Waals surface area contributed by atoms with E-state index >= 15 is 0 Å². The number of benzene rings is 2. The van der Waals surface area contributed by atoms with Gasteiger partial charge < -0.3 is 13.9 Å². The number of hydrogen-bond acceptors (Lipinski definition) is 6. The molecule has 0 fully saturated rings. The van der Waals surface area contributed by atoms with Gasteiger partial charge in [-0.2, -0.15) is 0 Å². The minimum absolute atomic E-state index is 0.0154. The van der Waals surface area contributed by atoms with Gasteiger partial charge in [0.15, 0.2) is 16.9 Å². The maximum atomic E-state index is 13.6. The number of methoxy groups -OCH3 is 1. The van der Waals surface area contributed by atoms with E-state index in [1.807, 2.05) is 6.92 Å². The smallest absolute Gasteiger partial charge is 0.296 e. The lowest BCUT2D eigenvalue weighted by Crippen LogP contribution is -2.30. The summed E-state index contributed by atoms with van der Waals surface area (Å²) < 4.78 is 17.1. The Morgan fingerprint density at radius 2 is 1.94 bits per heavy atom. The quantitative estimate of drug-likeness (QED) is 0.415. The number of rotatable bonds is 5. The second-order valence-corrected chi connectivity index (χ2v) is 7.86. The van der Waals surface area contributed by atoms with Crippen LogP contribution in [0, 0.1) is 0 Å². The number of amides is 1. The Hall–Kier alpha value is -3.84. The number of aromatic nitrogens is 1. The standard InChI is InChI=1S/C25H19ClN2O5/c1-3-32-18-9-7-14(12-19(18)31-2)22-21-23(29)16-13-15(26)8-10-17(16)33-24(21)25(30)28(22)20-6-4-5-11-27-20/h4-13,22H,3H2,1-2H3/t22-/m0/s1. The summed E-state index contributed by atoms with van der Waals surface area (Å²) in [5.74, 6) is 0.988. The maximum absolute atomic E-state index is 13.6. The molecule has 1 atom stereocenters. The van der Waals surface area contributed by atoms with Gasteiger partial charge in [0, 0.05) is 11.2 Å². The van der Waals surface area contributed by atoms with Crippen LogP contribution in [0.3, 0.4) is 0 Å². The van der Waals surface area contributed by atoms with E-state index in [2.05, 4.69) is 4.98 Å². The molecule has 2 aromatic carbocycles. The number of anilines is 1. The van der Waals surface area contributed by atoms with Crippen molar-refractivity contribution in [2.24, 2.45) is 0 Å². The van der Waals surface area contributed by atoms with E-state index in [0.29, 0.717) is 45.5 Å². The third-order valence-corrected chi connectivity index (χ3v) is 5.77. The second-order valence-electron chi connectivity index (χ2n) is 7.42. The van der Waals surface area contributed by atoms with Crippen molar-refractivity contribution in [1.29, 1.82) is 0 Å². The van der Waals surface area contributed by atoms with Crippen LogP contribution < -0.4 is 19.8 Å². The van der Waals surface area contributed by atoms with Crippen LogP contribution in [0.25, 0.3) is 11.0 Å². The highest BCUT2D eigenvalue weighted by Gasteiger charge is 2.44. The van der Waals surface area contributed by atoms with Crippen molar-refractivity contribution >= 4 is 34.3 Å². The predicted octanol–water partition coefficient (Wildman–Crippen LogP) is 5.00. The van der Waals surface area contributed by atoms with E-state index in [9.17, 15) is 9.59 Å². The number of carbonyl (C=O) groups excluding carboxylic acids is 1. The van der Waals surface area contributed by atoms with Crippen LogP contribution in [0.5, 0.6) is 11.5 Å². The van der Waals surface area contributed by atoms with E-state index in [1.165, 1.54) is 12.0 Å². The summed E-state index contributed by atoms with van der Waals surface area (Å²) >= 11 is 6.14. The lowest BCUT2D eigenvalue weighted by atomic mass is 9.98. The summed E-state index contributed by atoms with van der Waals surface area (Å²) in [5.41, 5.74) is 0.856. The van der Waals surface area contributed by atoms with Gasteiger partial charge in [0.05, 0.1) is 30.7 Å². The lowest BCUT2D eigenvalue weighted by molar-refractivity contribution is 0.0970. The van der Waals surface area contributed by atoms with Crippen LogP contribution in [-0.2, 0) is 0 Å². The van der Waals surface area contributed by atoms with Gasteiger partial charge in [-0.3, -0.25) is 14.5 Å². The van der Waals surface area contributed by atoms with Crippen LogP contribution in [-0.4, -0.2) is 24.6 Å². The van der Waals surface area contributed by atoms with Crippen molar-refractivity contribution in [3.63, 3.8) is 0 Å². The van der Waals surface area contributed by atoms with E-state index in [0.717, 1.165) is 0 Å². The molecule has 0 unspecified atom stereocenters. The molecule has 0 N–H and O–H groups in total. The third kappa shape index (κ3) is 3.41. The van der Waals surface area contributed by atoms with Crippen LogP contribution in [0.4, 0.5) is 5.82 Å². The molecule has 33 heavy (non-hydrogen) atoms. The molecular formula is C25H19ClN2O5. The van der Waals surface area contributed by atoms with Crippen LogP contribution >= 0.6 is 11.6 Å². The first-order valence-electron chi connectivity index (χ1n) is 10.3. The first-order chi connectivity index (χ1) is 16.0. The Labute approximate surface area is 194 Å². The number of hydrogen-bond donors (Lipinski definition) is 0. The molecule has 1 aliphatic heterocycles. The molecule has 0 spiro atoms. The third-order valence-electron chi connectivity index (χ3n) is 5.53. The fourth-order valence-corrected chi connectivity index (χ4v) is 4.29. The van der Waals surface area contributed by atoms with Gasteiger partial charge in [-0.1, -0.05) is 23.7 Å². The van der Waals surface area contributed by atoms with Gasteiger partial charge in [-0.05, 0) is 55.0 Å². The van der Waals surface area contributed by atoms with E-state index in [-0.39, 0.29) is 16.8 Å². The van der Waals surface area contributed by atoms with Crippen LogP contribution in [0.1, 0.15) is 34.6 Å². The average molecular weight is 463 g/mol. The van der Waals surface area contributed by atoms with Gasteiger partial charge in [-0.15, -0.1) is 0 Å². The molecule has 8 heteroatoms. The van der Waals surface area contributed by atoms with E-state index < -0.39 is 11.9 Å². The van der Waals surface area contributed by atoms with Gasteiger partial charge in [0.2, 0.25) is 5.76 Å². The molecule has 5 rings (SSSR count). The van der Waals surface area contributed by atoms with Crippen LogP contribution in [0.15, 0.2) is 70.0 Å². The van der Waals surface area contributed by atoms with Crippen molar-refractivity contribution < 1.29 is 18.7 Å². The SMILES string of the molecule is CCOc1ccc([C@H]2c3c(oc4ccc(Cl)cc4c3=O)C(=O)N2c2ccccn2)cc1OC. The molecule has 166 valence electrons. The topological polar surface area (TPSA) is 81.9 Å². The fourth-order valence-electron chi connectivity index (χ4n) is 4.12. The molecule has 4 aromatic rings. The summed E-state index contributed by atoms with van der Waals surface area (Å²) in [4.78, 5) is 33.0. The highest BCUT2D eigenvalue weighted by Crippen LogP contribution is 2.42. The molecule has 0 bridgehead atoms. The monoisotopic (exact) mass is 462 g/mol. The van der Waals surface area contributed by atoms with Gasteiger partial charge in [0.25, 0.3) is 5.91 Å². The molecule has 0 radical (unpaired) electrons. The van der Waals surface area contributed by atoms with Gasteiger partial charge >= 0.3 is 0 Å². The van der Waals surface area contributed by atoms with Gasteiger partial charge in [-0.25, -0.2) is 4.98 Å². The molecule has 1 amide bonds. The minimum Gasteiger partial charge on any atom is -0.493 e. The average Bonchev–Trinajstić information content (AvgIpc) is 3.13. The van der Waals surface area contributed by atoms with E-state index in [1.54, 1.807) is 60.8 Å². The largest absolute Gasteiger partial charge is 0.493 e. The minimum atomic E-state index is -0.772. The fraction of sp³-hybridized carbons (Fsp3) is 0.160. The predicted molar refractivity (Wildman–Crippen MR) is 125 cm³/mol. The molecule has 7 nitrogen and oxygen atoms in total. The molecule has 0 saturated carbocycles. The molecule has 0 aliphatic carbocycles.